The summed E-state index contributed by atoms with van der Waals surface area (Å²) < 4.78 is 302. The van der Waals surface area contributed by atoms with E-state index in [1.54, 1.807) is 58.0 Å². The minimum absolute atomic E-state index is 0.0128. The van der Waals surface area contributed by atoms with Crippen molar-refractivity contribution in [3.05, 3.63) is 262 Å². The van der Waals surface area contributed by atoms with Gasteiger partial charge >= 0.3 is 7.12 Å². The van der Waals surface area contributed by atoms with Crippen molar-refractivity contribution < 1.29 is 127 Å². The molecule has 113 heavy (non-hydrogen) atoms. The van der Waals surface area contributed by atoms with E-state index in [9.17, 15) is 103 Å². The second kappa shape index (κ2) is 36.9. The van der Waals surface area contributed by atoms with E-state index in [1.807, 2.05) is 44.2 Å². The topological polar surface area (TPSA) is 113 Å². The van der Waals surface area contributed by atoms with Gasteiger partial charge in [-0.25, -0.2) is 87.8 Å². The summed E-state index contributed by atoms with van der Waals surface area (Å²) in [6.45, 7) is 18.9. The fourth-order valence-electron chi connectivity index (χ4n) is 11.4. The van der Waals surface area contributed by atoms with Crippen molar-refractivity contribution in [2.75, 3.05) is 48.5 Å². The minimum atomic E-state index is -2.33. The molecule has 0 radical (unpaired) electrons. The number of phenols is 3. The highest BCUT2D eigenvalue weighted by molar-refractivity contribution is 9.10. The number of nitrogens with zero attached hydrogens (tertiary/aromatic N) is 2. The van der Waals surface area contributed by atoms with Crippen LogP contribution in [0.3, 0.4) is 0 Å². The van der Waals surface area contributed by atoms with Crippen molar-refractivity contribution in [1.82, 2.24) is 9.80 Å². The summed E-state index contributed by atoms with van der Waals surface area (Å²) in [6.07, 6.45) is 0. The maximum absolute atomic E-state index is 14.5. The van der Waals surface area contributed by atoms with Crippen LogP contribution >= 0.6 is 15.9 Å². The van der Waals surface area contributed by atoms with Gasteiger partial charge in [-0.2, -0.15) is 0 Å². The van der Waals surface area contributed by atoms with Crippen LogP contribution in [0.25, 0.3) is 44.5 Å². The number of aryl methyl sites for hydroxylation is 6. The van der Waals surface area contributed by atoms with Gasteiger partial charge in [0.1, 0.15) is 34.5 Å². The van der Waals surface area contributed by atoms with Crippen molar-refractivity contribution in [2.45, 2.75) is 93.5 Å². The number of benzene rings is 10. The first-order valence-corrected chi connectivity index (χ1v) is 34.3. The Bertz CT molecular complexity index is 4980. The maximum atomic E-state index is 14.5. The van der Waals surface area contributed by atoms with E-state index >= 15 is 0 Å². The Balaban J connectivity index is 0.000000218. The summed E-state index contributed by atoms with van der Waals surface area (Å²) in [4.78, 5) is 3.31. The molecule has 0 atom stereocenters. The van der Waals surface area contributed by atoms with Crippen LogP contribution in [0.4, 0.5) is 87.8 Å². The van der Waals surface area contributed by atoms with Crippen molar-refractivity contribution in [3.8, 4) is 79.0 Å². The van der Waals surface area contributed by atoms with E-state index in [0.29, 0.717) is 22.3 Å². The Morgan fingerprint density at radius 2 is 0.602 bits per heavy atom. The fourth-order valence-corrected chi connectivity index (χ4v) is 12.1. The van der Waals surface area contributed by atoms with Gasteiger partial charge in [-0.15, -0.1) is 0 Å². The molecule has 11 rings (SSSR count). The molecule has 32 heteroatoms. The largest absolute Gasteiger partial charge is 0.507 e. The summed E-state index contributed by atoms with van der Waals surface area (Å²) in [6, 6.07) is 25.1. The summed E-state index contributed by atoms with van der Waals surface area (Å²) in [5, 5.41) is 31.1. The third kappa shape index (κ3) is 19.6. The predicted octanol–water partition coefficient (Wildman–Crippen LogP) is 21.5. The van der Waals surface area contributed by atoms with E-state index in [0.717, 1.165) is 45.7 Å². The van der Waals surface area contributed by atoms with E-state index in [-0.39, 0.29) is 66.9 Å². The molecule has 0 unspecified atom stereocenters. The van der Waals surface area contributed by atoms with Gasteiger partial charge in [-0.1, -0.05) is 59.2 Å². The van der Waals surface area contributed by atoms with Gasteiger partial charge in [-0.05, 0) is 171 Å². The molecule has 0 saturated carbocycles. The third-order valence-corrected chi connectivity index (χ3v) is 18.7. The van der Waals surface area contributed by atoms with Gasteiger partial charge < -0.3 is 48.6 Å². The fraction of sp³-hybridized carbons (Fsp3) is 0.259. The molecule has 10 nitrogen and oxygen atoms in total. The first kappa shape index (κ1) is 90.2. The van der Waals surface area contributed by atoms with Gasteiger partial charge in [0.25, 0.3) is 0 Å². The monoisotopic (exact) mass is 1670 g/mol. The number of aromatic hydroxyl groups is 3. The molecule has 1 heterocycles. The normalized spacial score (nSPS) is 12.7. The van der Waals surface area contributed by atoms with E-state index < -0.39 is 173 Å². The zero-order valence-electron chi connectivity index (χ0n) is 62.9. The highest BCUT2D eigenvalue weighted by Gasteiger charge is 2.52. The highest BCUT2D eigenvalue weighted by Crippen LogP contribution is 2.44. The Kier molecular flexibility index (Phi) is 29.4. The average Bonchev–Trinajstić information content (AvgIpc) is 1.74. The van der Waals surface area contributed by atoms with Crippen molar-refractivity contribution in [3.63, 3.8) is 0 Å². The summed E-state index contributed by atoms with van der Waals surface area (Å²) >= 11 is 3.38. The van der Waals surface area contributed by atoms with Crippen LogP contribution < -0.4 is 19.7 Å². The van der Waals surface area contributed by atoms with Crippen LogP contribution in [0.2, 0.25) is 0 Å². The number of likely N-dealkylation sites (N-methyl/N-ethyl adjacent to an activating group) is 2. The first-order chi connectivity index (χ1) is 52.7. The summed E-state index contributed by atoms with van der Waals surface area (Å²) in [5.74, 6) is -42.1. The number of halogens is 21. The molecule has 10 aromatic carbocycles. The lowest BCUT2D eigenvalue weighted by Gasteiger charge is -2.32. The molecule has 1 aliphatic heterocycles. The van der Waals surface area contributed by atoms with Crippen LogP contribution in [0.1, 0.15) is 72.2 Å². The quantitative estimate of drug-likeness (QED) is 0.0397. The smallest absolute Gasteiger partial charge is 0.498 e. The van der Waals surface area contributed by atoms with Gasteiger partial charge in [0.15, 0.2) is 93.1 Å². The SMILES string of the molecule is COc1ccc(C)cc1-c1c(F)c(F)c(F)c(F)c1F.COc1ccc(C)cc1B1OC(C)(C)C(C)(C)O1.COc1ccc(C)cc1Br.Cc1cc(CN(C)CCN(C)Cc2cc(C)cc(-c3c(F)c(F)c(F)c(F)c3F)c2O)c(O)c(-c2c(F)c(F)c(F)c(F)c2F)c1.Cc1ccc(O)c(-c2c(F)c(F)c(F)c(F)c2F)c1. The Labute approximate surface area is 645 Å². The number of hydrogen-bond acceptors (Lipinski definition) is 10. The standard InChI is InChI=1S/C32H26F10N2O2.C14H21BO3.C14H9F5O.C13H7F5O.C8H9BrO/c1-13-7-15(31(45)17(9-13)19-21(33)25(37)29(41)26(38)22(19)34)11-43(3)5-6-44(4)12-16-8-14(2)10-18(32(16)46)20-23(35)27(39)30(42)28(40)24(20)36;1-10-7-8-12(16-6)11(9-10)15-17-13(2,3)14(4,5)18-15;1-6-3-4-8(20-2)7(5-6)9-10(15)12(17)14(19)13(18)11(9)16;1-5-2-3-7(19)6(4-5)8-9(14)11(16)13(18)12(17)10(8)15;1-6-3-4-8(10-2)7(9)5-6/h7-10,45-46H,5-6,11-12H2,1-4H3;7-9H,1-6H3;3-5H,1-2H3;2-4,19H,1H3;3-5H,1-2H3. The number of methoxy groups -OCH3 is 3. The van der Waals surface area contributed by atoms with E-state index in [4.69, 9.17) is 23.5 Å². The molecule has 0 bridgehead atoms. The van der Waals surface area contributed by atoms with Crippen molar-refractivity contribution in [1.29, 1.82) is 0 Å². The van der Waals surface area contributed by atoms with Gasteiger partial charge in [0.2, 0.25) is 23.3 Å². The lowest BCUT2D eigenvalue weighted by atomic mass is 9.77. The molecule has 3 N–H and O–H groups in total. The van der Waals surface area contributed by atoms with Crippen LogP contribution in [0.15, 0.2) is 102 Å². The lowest BCUT2D eigenvalue weighted by Crippen LogP contribution is -2.41. The number of rotatable bonds is 15. The molecule has 604 valence electrons. The van der Waals surface area contributed by atoms with Crippen molar-refractivity contribution >= 4 is 28.5 Å². The molecule has 1 aliphatic rings. The van der Waals surface area contributed by atoms with Crippen LogP contribution in [-0.4, -0.2) is 92.0 Å². The molecule has 10 aromatic rings. The van der Waals surface area contributed by atoms with Crippen LogP contribution in [0.5, 0.6) is 34.5 Å². The number of ether oxygens (including phenoxy) is 3. The third-order valence-electron chi connectivity index (χ3n) is 18.0. The molecular weight excluding hydrogens is 1600 g/mol. The minimum Gasteiger partial charge on any atom is -0.507 e. The number of hydrogen-bond donors (Lipinski definition) is 3. The maximum Gasteiger partial charge on any atom is 0.498 e. The lowest BCUT2D eigenvalue weighted by molar-refractivity contribution is 0.00578. The zero-order chi connectivity index (χ0) is 84.8. The Morgan fingerprint density at radius 1 is 0.336 bits per heavy atom. The Morgan fingerprint density at radius 3 is 0.938 bits per heavy atom. The molecule has 0 aliphatic carbocycles. The molecule has 0 amide bonds. The average molecular weight is 1670 g/mol. The molecular formula is C81H72BBrF20N2O8. The highest BCUT2D eigenvalue weighted by atomic mass is 79.9. The van der Waals surface area contributed by atoms with Crippen LogP contribution in [-0.2, 0) is 22.4 Å². The molecule has 1 saturated heterocycles. The van der Waals surface area contributed by atoms with Gasteiger partial charge in [0.05, 0.1) is 59.3 Å². The second-order valence-corrected chi connectivity index (χ2v) is 27.9. The van der Waals surface area contributed by atoms with Gasteiger partial charge in [0, 0.05) is 65.0 Å². The summed E-state index contributed by atoms with van der Waals surface area (Å²) in [5.41, 5.74) is -1.78. The van der Waals surface area contributed by atoms with E-state index in [2.05, 4.69) is 49.7 Å². The van der Waals surface area contributed by atoms with Gasteiger partial charge in [-0.3, -0.25) is 0 Å². The molecule has 0 spiro atoms. The first-order valence-electron chi connectivity index (χ1n) is 33.5. The van der Waals surface area contributed by atoms with Crippen molar-refractivity contribution in [2.24, 2.45) is 0 Å². The Hall–Kier alpha value is -10.0. The summed E-state index contributed by atoms with van der Waals surface area (Å²) in [7, 11) is 7.41. The van der Waals surface area contributed by atoms with Crippen LogP contribution in [0, 0.1) is 158 Å². The molecule has 0 aromatic heterocycles. The zero-order valence-corrected chi connectivity index (χ0v) is 64.4. The second-order valence-electron chi connectivity index (χ2n) is 27.1. The molecule has 1 fully saturated rings. The predicted molar refractivity (Wildman–Crippen MR) is 389 cm³/mol. The number of phenolic OH excluding ortho intramolecular Hbond substituents is 3. The van der Waals surface area contributed by atoms with E-state index in [1.165, 1.54) is 62.4 Å².